The van der Waals surface area contributed by atoms with Crippen LogP contribution in [-0.4, -0.2) is 0 Å². The van der Waals surface area contributed by atoms with Gasteiger partial charge in [0.2, 0.25) is 0 Å². The highest BCUT2D eigenvalue weighted by molar-refractivity contribution is 5.22. The van der Waals surface area contributed by atoms with Crippen molar-refractivity contribution in [3.05, 3.63) is 59.7 Å². The topological polar surface area (TPSA) is 23.8 Å². The van der Waals surface area contributed by atoms with Gasteiger partial charge in [0.05, 0.1) is 6.07 Å². The Morgan fingerprint density at radius 1 is 1.09 bits per heavy atom. The smallest absolute Gasteiger partial charge is 0.159 e. The molecule has 2 rings (SSSR count). The molecule has 0 saturated heterocycles. The van der Waals surface area contributed by atoms with Crippen LogP contribution in [0.25, 0.3) is 0 Å². The highest BCUT2D eigenvalue weighted by atomic mass is 19.2. The maximum atomic E-state index is 13.3. The predicted octanol–water partition coefficient (Wildman–Crippen LogP) is 5.65. The van der Waals surface area contributed by atoms with E-state index in [4.69, 9.17) is 5.26 Å². The molecule has 0 spiro atoms. The van der Waals surface area contributed by atoms with Gasteiger partial charge in [0.15, 0.2) is 11.6 Å². The van der Waals surface area contributed by atoms with E-state index in [0.717, 1.165) is 44.1 Å². The Morgan fingerprint density at radius 3 is 2.55 bits per heavy atom. The summed E-state index contributed by atoms with van der Waals surface area (Å²) in [6.45, 7) is 0. The molecular weight excluding hydrogens is 280 g/mol. The molecule has 1 saturated carbocycles. The number of nitrogens with zero attached hydrogens (tertiary/aromatic N) is 1. The minimum absolute atomic E-state index is 0.362. The van der Waals surface area contributed by atoms with Crippen LogP contribution in [0.15, 0.2) is 42.5 Å². The molecule has 1 aromatic carbocycles. The Labute approximate surface area is 131 Å². The normalized spacial score (nSPS) is 22.2. The first kappa shape index (κ1) is 16.4. The summed E-state index contributed by atoms with van der Waals surface area (Å²) in [6.07, 6.45) is 13.8. The highest BCUT2D eigenvalue weighted by Crippen LogP contribution is 2.37. The Hall–Kier alpha value is -1.95. The van der Waals surface area contributed by atoms with E-state index < -0.39 is 11.6 Å². The summed E-state index contributed by atoms with van der Waals surface area (Å²) in [4.78, 5) is 0. The van der Waals surface area contributed by atoms with Gasteiger partial charge in [0.1, 0.15) is 0 Å². The maximum Gasteiger partial charge on any atom is 0.159 e. The third-order valence-corrected chi connectivity index (χ3v) is 4.42. The molecular formula is C19H21F2N. The van der Waals surface area contributed by atoms with Gasteiger partial charge >= 0.3 is 0 Å². The lowest BCUT2D eigenvalue weighted by Crippen LogP contribution is -2.13. The Bertz CT molecular complexity index is 576. The molecule has 1 aromatic rings. The zero-order valence-electron chi connectivity index (χ0n) is 12.6. The third kappa shape index (κ3) is 4.80. The van der Waals surface area contributed by atoms with E-state index >= 15 is 0 Å². The standard InChI is InChI=1S/C19H21F2N/c20-18-12-11-17(14-19(18)21)16-9-7-15(8-10-16)6-4-2-1-3-5-13-22/h1-3,5,11-12,14-16H,4,6-10H2/b2-1+,5-3+. The van der Waals surface area contributed by atoms with Crippen LogP contribution >= 0.6 is 0 Å². The average Bonchev–Trinajstić information content (AvgIpc) is 2.54. The van der Waals surface area contributed by atoms with Crippen molar-refractivity contribution in [3.63, 3.8) is 0 Å². The fourth-order valence-electron chi connectivity index (χ4n) is 3.16. The van der Waals surface area contributed by atoms with Gasteiger partial charge in [-0.25, -0.2) is 8.78 Å². The van der Waals surface area contributed by atoms with Crippen LogP contribution in [0.1, 0.15) is 50.0 Å². The first-order chi connectivity index (χ1) is 10.7. The van der Waals surface area contributed by atoms with Crippen molar-refractivity contribution >= 4 is 0 Å². The zero-order chi connectivity index (χ0) is 15.8. The molecule has 0 amide bonds. The number of benzene rings is 1. The molecule has 1 aliphatic rings. The largest absolute Gasteiger partial charge is 0.204 e. The lowest BCUT2D eigenvalue weighted by molar-refractivity contribution is 0.311. The zero-order valence-corrected chi connectivity index (χ0v) is 12.6. The minimum atomic E-state index is -0.769. The molecule has 0 atom stereocenters. The summed E-state index contributed by atoms with van der Waals surface area (Å²) in [5.74, 6) is -0.434. The number of halogens is 2. The van der Waals surface area contributed by atoms with Crippen molar-refractivity contribution in [1.29, 1.82) is 5.26 Å². The number of hydrogen-bond acceptors (Lipinski definition) is 1. The van der Waals surface area contributed by atoms with Crippen molar-refractivity contribution in [2.45, 2.75) is 44.4 Å². The van der Waals surface area contributed by atoms with E-state index in [0.29, 0.717) is 11.8 Å². The molecule has 22 heavy (non-hydrogen) atoms. The summed E-state index contributed by atoms with van der Waals surface area (Å²) >= 11 is 0. The number of nitriles is 1. The summed E-state index contributed by atoms with van der Waals surface area (Å²) < 4.78 is 26.3. The predicted molar refractivity (Wildman–Crippen MR) is 84.2 cm³/mol. The molecule has 1 aliphatic carbocycles. The number of allylic oxidation sites excluding steroid dienone is 4. The molecule has 1 fully saturated rings. The number of hydrogen-bond donors (Lipinski definition) is 0. The fraction of sp³-hybridized carbons (Fsp3) is 0.421. The average molecular weight is 301 g/mol. The van der Waals surface area contributed by atoms with Crippen molar-refractivity contribution in [2.24, 2.45) is 5.92 Å². The van der Waals surface area contributed by atoms with Gasteiger partial charge in [-0.15, -0.1) is 0 Å². The minimum Gasteiger partial charge on any atom is -0.204 e. The molecule has 0 radical (unpaired) electrons. The monoisotopic (exact) mass is 301 g/mol. The molecule has 0 bridgehead atoms. The van der Waals surface area contributed by atoms with Crippen LogP contribution in [0, 0.1) is 28.9 Å². The Balaban J connectivity index is 1.76. The van der Waals surface area contributed by atoms with E-state index in [2.05, 4.69) is 6.08 Å². The van der Waals surface area contributed by atoms with Crippen molar-refractivity contribution in [3.8, 4) is 6.07 Å². The second-order valence-corrected chi connectivity index (χ2v) is 5.88. The molecule has 0 aromatic heterocycles. The van der Waals surface area contributed by atoms with Gasteiger partial charge in [0.25, 0.3) is 0 Å². The molecule has 0 aliphatic heterocycles. The molecule has 1 nitrogen and oxygen atoms in total. The van der Waals surface area contributed by atoms with Crippen LogP contribution in [-0.2, 0) is 0 Å². The maximum absolute atomic E-state index is 13.3. The highest BCUT2D eigenvalue weighted by Gasteiger charge is 2.22. The lowest BCUT2D eigenvalue weighted by Gasteiger charge is -2.28. The fourth-order valence-corrected chi connectivity index (χ4v) is 3.16. The summed E-state index contributed by atoms with van der Waals surface area (Å²) in [5, 5.41) is 8.36. The molecule has 0 N–H and O–H groups in total. The van der Waals surface area contributed by atoms with Crippen molar-refractivity contribution < 1.29 is 8.78 Å². The second kappa shape index (κ2) is 8.48. The van der Waals surface area contributed by atoms with E-state index in [-0.39, 0.29) is 0 Å². The first-order valence-electron chi connectivity index (χ1n) is 7.87. The van der Waals surface area contributed by atoms with Gasteiger partial charge in [-0.2, -0.15) is 5.26 Å². The Kier molecular flexibility index (Phi) is 6.33. The van der Waals surface area contributed by atoms with E-state index in [1.165, 1.54) is 18.2 Å². The van der Waals surface area contributed by atoms with Crippen LogP contribution in [0.2, 0.25) is 0 Å². The van der Waals surface area contributed by atoms with Gasteiger partial charge < -0.3 is 0 Å². The molecule has 0 unspecified atom stereocenters. The van der Waals surface area contributed by atoms with Gasteiger partial charge in [-0.3, -0.25) is 0 Å². The van der Waals surface area contributed by atoms with Crippen LogP contribution in [0.5, 0.6) is 0 Å². The number of rotatable bonds is 5. The van der Waals surface area contributed by atoms with Crippen LogP contribution in [0.3, 0.4) is 0 Å². The lowest BCUT2D eigenvalue weighted by atomic mass is 9.77. The van der Waals surface area contributed by atoms with E-state index in [1.54, 1.807) is 12.1 Å². The van der Waals surface area contributed by atoms with Gasteiger partial charge in [-0.1, -0.05) is 24.3 Å². The van der Waals surface area contributed by atoms with Crippen LogP contribution < -0.4 is 0 Å². The van der Waals surface area contributed by atoms with E-state index in [9.17, 15) is 8.78 Å². The van der Waals surface area contributed by atoms with Gasteiger partial charge in [-0.05, 0) is 68.1 Å². The second-order valence-electron chi connectivity index (χ2n) is 5.88. The summed E-state index contributed by atoms with van der Waals surface area (Å²) in [6, 6.07) is 6.25. The van der Waals surface area contributed by atoms with Gasteiger partial charge in [0, 0.05) is 6.08 Å². The third-order valence-electron chi connectivity index (χ3n) is 4.42. The summed E-state index contributed by atoms with van der Waals surface area (Å²) in [7, 11) is 0. The first-order valence-corrected chi connectivity index (χ1v) is 7.87. The summed E-state index contributed by atoms with van der Waals surface area (Å²) in [5.41, 5.74) is 0.930. The van der Waals surface area contributed by atoms with Crippen LogP contribution in [0.4, 0.5) is 8.78 Å². The van der Waals surface area contributed by atoms with Crippen molar-refractivity contribution in [2.75, 3.05) is 0 Å². The molecule has 3 heteroatoms. The quantitative estimate of drug-likeness (QED) is 0.509. The Morgan fingerprint density at radius 2 is 1.86 bits per heavy atom. The van der Waals surface area contributed by atoms with Crippen molar-refractivity contribution in [1.82, 2.24) is 0 Å². The SMILES string of the molecule is N#C/C=C/C=C/CCC1CCC(c2ccc(F)c(F)c2)CC1. The van der Waals surface area contributed by atoms with E-state index in [1.807, 2.05) is 12.1 Å². The molecule has 116 valence electrons. The molecule has 0 heterocycles.